The van der Waals surface area contributed by atoms with E-state index in [2.05, 4.69) is 41.9 Å². The maximum Gasteiger partial charge on any atom is 0.187 e. The summed E-state index contributed by atoms with van der Waals surface area (Å²) in [5.74, 6) is -0.0379. The highest BCUT2D eigenvalue weighted by Crippen LogP contribution is 2.41. The summed E-state index contributed by atoms with van der Waals surface area (Å²) >= 11 is 0. The molecular formula is C67H73NO12. The maximum absolute atomic E-state index is 7.59. The van der Waals surface area contributed by atoms with Crippen LogP contribution in [0.3, 0.4) is 0 Å². The van der Waals surface area contributed by atoms with Crippen LogP contribution in [0.15, 0.2) is 212 Å². The first kappa shape index (κ1) is 55.9. The fraction of sp³-hybridized carbons (Fsp3) is 0.373. The monoisotopic (exact) mass is 1080 g/mol. The van der Waals surface area contributed by atoms with Crippen molar-refractivity contribution in [2.45, 2.75) is 139 Å². The largest absolute Gasteiger partial charge is 0.374 e. The van der Waals surface area contributed by atoms with Crippen LogP contribution in [0, 0.1) is 5.92 Å². The molecular weight excluding hydrogens is 1010 g/mol. The molecule has 0 unspecified atom stereocenters. The van der Waals surface area contributed by atoms with Crippen molar-refractivity contribution >= 4 is 0 Å². The molecule has 3 aliphatic heterocycles. The van der Waals surface area contributed by atoms with Gasteiger partial charge < -0.3 is 56.9 Å². The first-order valence-corrected chi connectivity index (χ1v) is 28.1. The van der Waals surface area contributed by atoms with E-state index in [9.17, 15) is 0 Å². The van der Waals surface area contributed by atoms with Crippen LogP contribution in [0.4, 0.5) is 0 Å². The smallest absolute Gasteiger partial charge is 0.187 e. The van der Waals surface area contributed by atoms with E-state index in [-0.39, 0.29) is 44.5 Å². The Labute approximate surface area is 470 Å². The first-order chi connectivity index (χ1) is 39.6. The van der Waals surface area contributed by atoms with E-state index in [4.69, 9.17) is 56.9 Å². The number of rotatable bonds is 26. The molecule has 13 nitrogen and oxygen atoms in total. The molecule has 4 fully saturated rings. The third-order valence-electron chi connectivity index (χ3n) is 15.3. The van der Waals surface area contributed by atoms with Gasteiger partial charge >= 0.3 is 0 Å². The second kappa shape index (κ2) is 28.6. The molecule has 7 aromatic carbocycles. The Hall–Kier alpha value is -5.98. The highest BCUT2D eigenvalue weighted by Gasteiger charge is 2.56. The van der Waals surface area contributed by atoms with Gasteiger partial charge in [0.15, 0.2) is 12.6 Å². The van der Waals surface area contributed by atoms with Crippen LogP contribution < -0.4 is 5.48 Å². The van der Waals surface area contributed by atoms with Gasteiger partial charge in [0.2, 0.25) is 0 Å². The molecule has 3 heterocycles. The number of hydroxylamine groups is 1. The molecule has 7 aromatic rings. The lowest BCUT2D eigenvalue weighted by Gasteiger charge is -2.50. The van der Waals surface area contributed by atoms with Crippen molar-refractivity contribution in [3.8, 4) is 0 Å². The van der Waals surface area contributed by atoms with Crippen LogP contribution >= 0.6 is 0 Å². The van der Waals surface area contributed by atoms with Gasteiger partial charge in [0, 0.05) is 12.0 Å². The lowest BCUT2D eigenvalue weighted by Crippen LogP contribution is -2.66. The molecule has 418 valence electrons. The Morgan fingerprint density at radius 3 is 1.16 bits per heavy atom. The molecule has 3 saturated heterocycles. The van der Waals surface area contributed by atoms with Crippen molar-refractivity contribution in [2.75, 3.05) is 13.2 Å². The SMILES string of the molecule is C[C@H]1O[C@@H](O[C@H]2[C@H](OCc3ccccc3)[C@@H](OCc3ccccc3)[C@@H](O[C@@H]3[C@H]4CON[C@H]4C[C@@H]3OCc3ccccc3)O[C@@H]2COCc2ccccc2)[C@H](OCc2ccccc2)[C@@H](OCc2ccccc2)[C@@H]1OCc1ccccc1. The predicted octanol–water partition coefficient (Wildman–Crippen LogP) is 10.9. The van der Waals surface area contributed by atoms with E-state index >= 15 is 0 Å². The maximum atomic E-state index is 7.59. The molecule has 1 saturated carbocycles. The Balaban J connectivity index is 0.972. The third-order valence-corrected chi connectivity index (χ3v) is 15.3. The van der Waals surface area contributed by atoms with Gasteiger partial charge in [-0.15, -0.1) is 0 Å². The fourth-order valence-corrected chi connectivity index (χ4v) is 11.1. The highest BCUT2D eigenvalue weighted by molar-refractivity contribution is 5.19. The quantitative estimate of drug-likeness (QED) is 0.0554. The number of fused-ring (bicyclic) bond motifs is 1. The van der Waals surface area contributed by atoms with E-state index < -0.39 is 67.5 Å². The lowest BCUT2D eigenvalue weighted by atomic mass is 9.95. The lowest BCUT2D eigenvalue weighted by molar-refractivity contribution is -0.380. The topological polar surface area (TPSA) is 123 Å². The molecule has 0 bridgehead atoms. The number of nitrogens with one attached hydrogen (secondary N) is 1. The van der Waals surface area contributed by atoms with Crippen molar-refractivity contribution in [2.24, 2.45) is 5.92 Å². The molecule has 11 rings (SSSR count). The van der Waals surface area contributed by atoms with Crippen molar-refractivity contribution in [3.63, 3.8) is 0 Å². The summed E-state index contributed by atoms with van der Waals surface area (Å²) < 4.78 is 78.4. The number of ether oxygens (including phenoxy) is 11. The summed E-state index contributed by atoms with van der Waals surface area (Å²) in [5, 5.41) is 0. The van der Waals surface area contributed by atoms with E-state index in [1.165, 1.54) is 0 Å². The van der Waals surface area contributed by atoms with Gasteiger partial charge in [0.1, 0.15) is 42.7 Å². The van der Waals surface area contributed by atoms with E-state index in [1.807, 2.05) is 183 Å². The molecule has 1 aliphatic carbocycles. The third kappa shape index (κ3) is 14.9. The Morgan fingerprint density at radius 1 is 0.375 bits per heavy atom. The average Bonchev–Trinajstić information content (AvgIpc) is 4.11. The standard InChI is InChI=1S/C67H73NO12/c1-47-59(71-40-50-27-13-4-14-28-50)62(72-41-51-29-15-5-16-30-51)64(74-43-53-33-19-7-20-34-53)66(77-47)80-61-58(46-69-38-48-23-9-2-10-24-48)78-67(79-60-55-45-76-68-56(55)37-57(60)70-39-49-25-11-3-12-26-49)65(75-44-54-35-21-8-22-36-54)63(61)73-42-52-31-17-6-18-32-52/h2-36,47,55-68H,37-46H2,1H3/t47-,55+,56+,57+,58-,59-,60-,61-,62+,63+,64-,65-,66+,67-/m1/s1. The van der Waals surface area contributed by atoms with E-state index in [1.54, 1.807) is 0 Å². The van der Waals surface area contributed by atoms with E-state index in [0.717, 1.165) is 38.9 Å². The zero-order valence-corrected chi connectivity index (χ0v) is 45.3. The molecule has 80 heavy (non-hydrogen) atoms. The summed E-state index contributed by atoms with van der Waals surface area (Å²) in [6.45, 7) is 4.60. The van der Waals surface area contributed by atoms with Crippen LogP contribution in [0.5, 0.6) is 0 Å². The molecule has 4 aliphatic rings. The van der Waals surface area contributed by atoms with Crippen LogP contribution in [0.2, 0.25) is 0 Å². The zero-order chi connectivity index (χ0) is 54.1. The Kier molecular flexibility index (Phi) is 20.0. The average molecular weight is 1080 g/mol. The number of benzene rings is 7. The van der Waals surface area contributed by atoms with Crippen molar-refractivity contribution < 1.29 is 56.9 Å². The van der Waals surface area contributed by atoms with Crippen molar-refractivity contribution in [3.05, 3.63) is 251 Å². The van der Waals surface area contributed by atoms with Crippen LogP contribution in [0.25, 0.3) is 0 Å². The molecule has 0 radical (unpaired) electrons. The molecule has 0 amide bonds. The van der Waals surface area contributed by atoms with Crippen molar-refractivity contribution in [1.82, 2.24) is 5.48 Å². The van der Waals surface area contributed by atoms with Gasteiger partial charge in [-0.1, -0.05) is 212 Å². The minimum absolute atomic E-state index is 0.00933. The van der Waals surface area contributed by atoms with Crippen LogP contribution in [0.1, 0.15) is 52.3 Å². The zero-order valence-electron chi connectivity index (χ0n) is 45.3. The summed E-state index contributed by atoms with van der Waals surface area (Å²) in [6, 6.07) is 70.8. The summed E-state index contributed by atoms with van der Waals surface area (Å²) in [4.78, 5) is 5.90. The Bertz CT molecular complexity index is 2850. The first-order valence-electron chi connectivity index (χ1n) is 28.1. The number of hydrogen-bond donors (Lipinski definition) is 1. The molecule has 13 heteroatoms. The Morgan fingerprint density at radius 2 is 0.725 bits per heavy atom. The van der Waals surface area contributed by atoms with Gasteiger partial charge in [0.25, 0.3) is 0 Å². The van der Waals surface area contributed by atoms with Gasteiger partial charge in [-0.05, 0) is 52.3 Å². The second-order valence-electron chi connectivity index (χ2n) is 21.0. The van der Waals surface area contributed by atoms with Gasteiger partial charge in [-0.25, -0.2) is 0 Å². The summed E-state index contributed by atoms with van der Waals surface area (Å²) in [7, 11) is 0. The fourth-order valence-electron chi connectivity index (χ4n) is 11.1. The van der Waals surface area contributed by atoms with E-state index in [0.29, 0.717) is 39.5 Å². The minimum Gasteiger partial charge on any atom is -0.374 e. The van der Waals surface area contributed by atoms with Crippen LogP contribution in [-0.2, 0) is 103 Å². The minimum atomic E-state index is -1.04. The van der Waals surface area contributed by atoms with Crippen LogP contribution in [-0.4, -0.2) is 92.9 Å². The van der Waals surface area contributed by atoms with Crippen molar-refractivity contribution in [1.29, 1.82) is 0 Å². The predicted molar refractivity (Wildman–Crippen MR) is 300 cm³/mol. The molecule has 0 aromatic heterocycles. The van der Waals surface area contributed by atoms with Gasteiger partial charge in [0.05, 0.1) is 77.8 Å². The molecule has 1 N–H and O–H groups in total. The number of hydrogen-bond acceptors (Lipinski definition) is 13. The molecule has 14 atom stereocenters. The second-order valence-corrected chi connectivity index (χ2v) is 21.0. The summed E-state index contributed by atoms with van der Waals surface area (Å²) in [5.41, 5.74) is 10.3. The van der Waals surface area contributed by atoms with Gasteiger partial charge in [-0.3, -0.25) is 0 Å². The molecule has 0 spiro atoms. The normalized spacial score (nSPS) is 28.4. The highest BCUT2D eigenvalue weighted by atomic mass is 16.8. The van der Waals surface area contributed by atoms with Gasteiger partial charge in [-0.2, -0.15) is 5.48 Å². The summed E-state index contributed by atoms with van der Waals surface area (Å²) in [6.07, 6.45) is -8.12.